The largest absolute Gasteiger partial charge is 0.481 e. The number of anilines is 1. The minimum atomic E-state index is -0.862. The van der Waals surface area contributed by atoms with E-state index in [1.165, 1.54) is 0 Å². The highest BCUT2D eigenvalue weighted by Gasteiger charge is 2.38. The molecule has 1 aromatic heterocycles. The normalized spacial score (nSPS) is 16.7. The van der Waals surface area contributed by atoms with Crippen LogP contribution in [0, 0.1) is 12.3 Å². The summed E-state index contributed by atoms with van der Waals surface area (Å²) in [5, 5.41) is 11.9. The maximum atomic E-state index is 12.2. The average molecular weight is 312 g/mol. The van der Waals surface area contributed by atoms with E-state index in [1.54, 1.807) is 13.0 Å². The first-order valence-corrected chi connectivity index (χ1v) is 7.29. The van der Waals surface area contributed by atoms with Gasteiger partial charge in [0.25, 0.3) is 0 Å². The smallest absolute Gasteiger partial charge is 0.303 e. The predicted octanol–water partition coefficient (Wildman–Crippen LogP) is 2.80. The van der Waals surface area contributed by atoms with Gasteiger partial charge in [-0.2, -0.15) is 0 Å². The van der Waals surface area contributed by atoms with E-state index >= 15 is 0 Å². The van der Waals surface area contributed by atoms with Crippen LogP contribution in [0.2, 0.25) is 5.15 Å². The van der Waals surface area contributed by atoms with Gasteiger partial charge in [-0.1, -0.05) is 24.4 Å². The Hall–Kier alpha value is -1.69. The third kappa shape index (κ3) is 4.39. The minimum absolute atomic E-state index is 0.0237. The molecule has 1 aromatic rings. The number of aromatic nitrogens is 2. The molecule has 0 atom stereocenters. The van der Waals surface area contributed by atoms with E-state index in [0.717, 1.165) is 25.7 Å². The van der Waals surface area contributed by atoms with Crippen molar-refractivity contribution in [2.75, 3.05) is 5.32 Å². The van der Waals surface area contributed by atoms with Crippen molar-refractivity contribution in [3.05, 3.63) is 16.9 Å². The van der Waals surface area contributed by atoms with Crippen molar-refractivity contribution in [1.29, 1.82) is 0 Å². The van der Waals surface area contributed by atoms with E-state index < -0.39 is 11.4 Å². The molecule has 0 radical (unpaired) electrons. The molecular formula is C14H18ClN3O3. The van der Waals surface area contributed by atoms with Gasteiger partial charge in [-0.3, -0.25) is 14.9 Å². The number of carbonyl (C=O) groups excluding carboxylic acids is 1. The van der Waals surface area contributed by atoms with Crippen LogP contribution in [0.1, 0.15) is 44.2 Å². The summed E-state index contributed by atoms with van der Waals surface area (Å²) in [6.45, 7) is 1.76. The molecule has 1 amide bonds. The molecule has 0 unspecified atom stereocenters. The lowest BCUT2D eigenvalue weighted by Gasteiger charge is -2.26. The van der Waals surface area contributed by atoms with Crippen molar-refractivity contribution < 1.29 is 14.7 Å². The third-order valence-electron chi connectivity index (χ3n) is 3.80. The summed E-state index contributed by atoms with van der Waals surface area (Å²) in [4.78, 5) is 31.2. The van der Waals surface area contributed by atoms with Gasteiger partial charge < -0.3 is 5.11 Å². The van der Waals surface area contributed by atoms with Crippen LogP contribution >= 0.6 is 11.6 Å². The van der Waals surface area contributed by atoms with Crippen LogP contribution < -0.4 is 5.32 Å². The topological polar surface area (TPSA) is 92.2 Å². The van der Waals surface area contributed by atoms with Crippen molar-refractivity contribution in [3.63, 3.8) is 0 Å². The van der Waals surface area contributed by atoms with Crippen molar-refractivity contribution in [1.82, 2.24) is 9.97 Å². The summed E-state index contributed by atoms with van der Waals surface area (Å²) in [6, 6.07) is 1.60. The molecule has 1 saturated carbocycles. The number of hydrogen-bond acceptors (Lipinski definition) is 4. The highest BCUT2D eigenvalue weighted by Crippen LogP contribution is 2.44. The van der Waals surface area contributed by atoms with Crippen molar-refractivity contribution in [2.24, 2.45) is 5.41 Å². The SMILES string of the molecule is Cc1cc(Cl)nc(NC(=O)CC2(CC(=O)O)CCCC2)n1. The fourth-order valence-corrected chi connectivity index (χ4v) is 3.20. The quantitative estimate of drug-likeness (QED) is 0.816. The lowest BCUT2D eigenvalue weighted by Crippen LogP contribution is -2.28. The van der Waals surface area contributed by atoms with E-state index in [4.69, 9.17) is 16.7 Å². The van der Waals surface area contributed by atoms with Gasteiger partial charge in [-0.15, -0.1) is 0 Å². The van der Waals surface area contributed by atoms with Crippen LogP contribution in [0.3, 0.4) is 0 Å². The van der Waals surface area contributed by atoms with Crippen LogP contribution in [-0.2, 0) is 9.59 Å². The Balaban J connectivity index is 2.04. The van der Waals surface area contributed by atoms with Crippen LogP contribution in [0.15, 0.2) is 6.07 Å². The maximum absolute atomic E-state index is 12.2. The number of nitrogens with zero attached hydrogens (tertiary/aromatic N) is 2. The monoisotopic (exact) mass is 311 g/mol. The highest BCUT2D eigenvalue weighted by molar-refractivity contribution is 6.29. The summed E-state index contributed by atoms with van der Waals surface area (Å²) < 4.78 is 0. The number of halogens is 1. The molecule has 0 bridgehead atoms. The second kappa shape index (κ2) is 6.39. The van der Waals surface area contributed by atoms with E-state index in [2.05, 4.69) is 15.3 Å². The van der Waals surface area contributed by atoms with Gasteiger partial charge in [-0.05, 0) is 31.2 Å². The molecule has 1 aliphatic carbocycles. The molecule has 21 heavy (non-hydrogen) atoms. The minimum Gasteiger partial charge on any atom is -0.481 e. The van der Waals surface area contributed by atoms with Gasteiger partial charge in [0.05, 0.1) is 6.42 Å². The highest BCUT2D eigenvalue weighted by atomic mass is 35.5. The second-order valence-corrected chi connectivity index (χ2v) is 6.05. The number of nitrogens with one attached hydrogen (secondary N) is 1. The Morgan fingerprint density at radius 3 is 2.57 bits per heavy atom. The van der Waals surface area contributed by atoms with Crippen molar-refractivity contribution in [3.8, 4) is 0 Å². The van der Waals surface area contributed by atoms with E-state index in [-0.39, 0.29) is 29.9 Å². The van der Waals surface area contributed by atoms with Crippen molar-refractivity contribution in [2.45, 2.75) is 45.4 Å². The molecule has 1 heterocycles. The zero-order valence-corrected chi connectivity index (χ0v) is 12.6. The first kappa shape index (κ1) is 15.7. The Bertz CT molecular complexity index is 536. The van der Waals surface area contributed by atoms with Crippen LogP contribution in [0.5, 0.6) is 0 Å². The molecule has 2 rings (SSSR count). The number of carboxylic acids is 1. The zero-order valence-electron chi connectivity index (χ0n) is 11.9. The summed E-state index contributed by atoms with van der Waals surface area (Å²) in [6.07, 6.45) is 3.66. The summed E-state index contributed by atoms with van der Waals surface area (Å²) in [5.74, 6) is -0.965. The standard InChI is InChI=1S/C14H18ClN3O3/c1-9-6-10(15)17-13(16-9)18-11(19)7-14(8-12(20)21)4-2-3-5-14/h6H,2-5,7-8H2,1H3,(H,20,21)(H,16,17,18,19). The second-order valence-electron chi connectivity index (χ2n) is 5.66. The Morgan fingerprint density at radius 1 is 1.33 bits per heavy atom. The number of aliphatic carboxylic acids is 1. The van der Waals surface area contributed by atoms with Gasteiger partial charge in [0, 0.05) is 12.1 Å². The zero-order chi connectivity index (χ0) is 15.5. The number of amides is 1. The predicted molar refractivity (Wildman–Crippen MR) is 78.2 cm³/mol. The molecule has 2 N–H and O–H groups in total. The van der Waals surface area contributed by atoms with Crippen LogP contribution in [0.4, 0.5) is 5.95 Å². The molecule has 114 valence electrons. The fourth-order valence-electron chi connectivity index (χ4n) is 2.96. The lowest BCUT2D eigenvalue weighted by atomic mass is 9.79. The van der Waals surface area contributed by atoms with Gasteiger partial charge in [-0.25, -0.2) is 9.97 Å². The molecule has 0 aliphatic heterocycles. The number of aryl methyl sites for hydroxylation is 1. The Labute approximate surface area is 127 Å². The van der Waals surface area contributed by atoms with E-state index in [0.29, 0.717) is 5.69 Å². The maximum Gasteiger partial charge on any atom is 0.303 e. The average Bonchev–Trinajstić information content (AvgIpc) is 2.74. The van der Waals surface area contributed by atoms with E-state index in [9.17, 15) is 9.59 Å². The number of carbonyl (C=O) groups is 2. The fraction of sp³-hybridized carbons (Fsp3) is 0.571. The van der Waals surface area contributed by atoms with E-state index in [1.807, 2.05) is 0 Å². The third-order valence-corrected chi connectivity index (χ3v) is 3.99. The molecule has 1 fully saturated rings. The number of carboxylic acid groups (broad SMARTS) is 1. The molecule has 0 aromatic carbocycles. The first-order valence-electron chi connectivity index (χ1n) is 6.91. The molecular weight excluding hydrogens is 294 g/mol. The van der Waals surface area contributed by atoms with Gasteiger partial charge in [0.1, 0.15) is 5.15 Å². The Kier molecular flexibility index (Phi) is 4.77. The number of rotatable bonds is 5. The Morgan fingerprint density at radius 2 is 2.00 bits per heavy atom. The molecule has 7 heteroatoms. The van der Waals surface area contributed by atoms with Gasteiger partial charge >= 0.3 is 5.97 Å². The molecule has 0 spiro atoms. The van der Waals surface area contributed by atoms with Gasteiger partial charge in [0.2, 0.25) is 11.9 Å². The van der Waals surface area contributed by atoms with Crippen molar-refractivity contribution >= 4 is 29.4 Å². The molecule has 6 nitrogen and oxygen atoms in total. The van der Waals surface area contributed by atoms with Gasteiger partial charge in [0.15, 0.2) is 0 Å². The van der Waals surface area contributed by atoms with Crippen LogP contribution in [-0.4, -0.2) is 27.0 Å². The summed E-state index contributed by atoms with van der Waals surface area (Å²) in [7, 11) is 0. The number of hydrogen-bond donors (Lipinski definition) is 2. The summed E-state index contributed by atoms with van der Waals surface area (Å²) in [5.41, 5.74) is 0.218. The summed E-state index contributed by atoms with van der Waals surface area (Å²) >= 11 is 5.82. The first-order chi connectivity index (χ1) is 9.88. The lowest BCUT2D eigenvalue weighted by molar-refractivity contribution is -0.140. The molecule has 0 saturated heterocycles. The van der Waals surface area contributed by atoms with Crippen LogP contribution in [0.25, 0.3) is 0 Å². The molecule has 1 aliphatic rings.